The van der Waals surface area contributed by atoms with E-state index >= 15 is 0 Å². The summed E-state index contributed by atoms with van der Waals surface area (Å²) < 4.78 is 0. The zero-order valence-corrected chi connectivity index (χ0v) is 19.6. The lowest BCUT2D eigenvalue weighted by Gasteiger charge is -2.24. The summed E-state index contributed by atoms with van der Waals surface area (Å²) in [6.45, 7) is 0.106. The minimum atomic E-state index is -1.47. The normalized spacial score (nSPS) is 13.9. The fourth-order valence-corrected chi connectivity index (χ4v) is 2.85. The highest BCUT2D eigenvalue weighted by Gasteiger charge is 2.30. The Labute approximate surface area is 205 Å². The molecular formula is C18H31N7O9S. The zero-order chi connectivity index (χ0) is 27.1. The third-order valence-corrected chi connectivity index (χ3v) is 4.75. The predicted octanol–water partition coefficient (Wildman–Crippen LogP) is -3.82. The van der Waals surface area contributed by atoms with Crippen LogP contribution < -0.4 is 33.2 Å². The Balaban J connectivity index is 5.34. The van der Waals surface area contributed by atoms with E-state index in [9.17, 15) is 33.9 Å². The zero-order valence-electron chi connectivity index (χ0n) is 18.7. The van der Waals surface area contributed by atoms with Gasteiger partial charge in [-0.25, -0.2) is 4.79 Å². The van der Waals surface area contributed by atoms with E-state index in [1.165, 1.54) is 0 Å². The highest BCUT2D eigenvalue weighted by Crippen LogP contribution is 2.04. The summed E-state index contributed by atoms with van der Waals surface area (Å²) in [5.41, 5.74) is 15.8. The van der Waals surface area contributed by atoms with Crippen LogP contribution in [0.2, 0.25) is 0 Å². The van der Waals surface area contributed by atoms with E-state index in [0.717, 1.165) is 0 Å². The molecule has 0 bridgehead atoms. The summed E-state index contributed by atoms with van der Waals surface area (Å²) in [6, 6.07) is -5.65. The maximum Gasteiger partial charge on any atom is 0.326 e. The van der Waals surface area contributed by atoms with Gasteiger partial charge in [0.05, 0.1) is 12.5 Å². The number of aliphatic carboxylic acids is 3. The molecule has 0 radical (unpaired) electrons. The molecule has 17 heteroatoms. The fourth-order valence-electron chi connectivity index (χ4n) is 2.60. The molecule has 0 aromatic rings. The first-order valence-corrected chi connectivity index (χ1v) is 10.9. The number of amides is 3. The molecule has 4 unspecified atom stereocenters. The lowest BCUT2D eigenvalue weighted by Crippen LogP contribution is -2.57. The molecule has 3 amide bonds. The average Bonchev–Trinajstić information content (AvgIpc) is 2.75. The van der Waals surface area contributed by atoms with E-state index in [0.29, 0.717) is 0 Å². The Morgan fingerprint density at radius 2 is 1.34 bits per heavy atom. The second kappa shape index (κ2) is 16.1. The van der Waals surface area contributed by atoms with Gasteiger partial charge in [0.25, 0.3) is 0 Å². The molecule has 0 aliphatic carbocycles. The predicted molar refractivity (Wildman–Crippen MR) is 124 cm³/mol. The molecule has 0 saturated heterocycles. The first-order chi connectivity index (χ1) is 16.3. The maximum atomic E-state index is 12.7. The van der Waals surface area contributed by atoms with Crippen molar-refractivity contribution in [1.29, 1.82) is 0 Å². The molecule has 12 N–H and O–H groups in total. The molecule has 16 nitrogen and oxygen atoms in total. The number of aliphatic imine (C=N–C) groups is 1. The maximum absolute atomic E-state index is 12.7. The number of nitrogens with zero attached hydrogens (tertiary/aromatic N) is 1. The molecule has 35 heavy (non-hydrogen) atoms. The number of carboxylic acids is 3. The van der Waals surface area contributed by atoms with Gasteiger partial charge in [0.2, 0.25) is 17.7 Å². The minimum absolute atomic E-state index is 0.0613. The summed E-state index contributed by atoms with van der Waals surface area (Å²) in [5.74, 6) is -7.32. The molecule has 0 spiro atoms. The van der Waals surface area contributed by atoms with Gasteiger partial charge < -0.3 is 48.5 Å². The van der Waals surface area contributed by atoms with Gasteiger partial charge in [0, 0.05) is 18.7 Å². The lowest BCUT2D eigenvalue weighted by molar-refractivity contribution is -0.143. The molecule has 0 saturated carbocycles. The third-order valence-electron chi connectivity index (χ3n) is 4.39. The van der Waals surface area contributed by atoms with Crippen LogP contribution in [0.25, 0.3) is 0 Å². The van der Waals surface area contributed by atoms with Gasteiger partial charge >= 0.3 is 17.9 Å². The average molecular weight is 522 g/mol. The summed E-state index contributed by atoms with van der Waals surface area (Å²) in [6.07, 6.45) is -1.49. The van der Waals surface area contributed by atoms with Crippen molar-refractivity contribution >= 4 is 54.2 Å². The van der Waals surface area contributed by atoms with Gasteiger partial charge in [-0.05, 0) is 19.3 Å². The van der Waals surface area contributed by atoms with E-state index < -0.39 is 72.6 Å². The number of thiol groups is 1. The van der Waals surface area contributed by atoms with Gasteiger partial charge in [0.1, 0.15) is 18.1 Å². The molecule has 198 valence electrons. The van der Waals surface area contributed by atoms with Crippen LogP contribution in [-0.2, 0) is 28.8 Å². The van der Waals surface area contributed by atoms with E-state index in [-0.39, 0.29) is 37.5 Å². The number of rotatable bonds is 17. The highest BCUT2D eigenvalue weighted by atomic mass is 32.1. The number of carboxylic acid groups (broad SMARTS) is 3. The van der Waals surface area contributed by atoms with Crippen LogP contribution in [0.5, 0.6) is 0 Å². The smallest absolute Gasteiger partial charge is 0.326 e. The second-order valence-corrected chi connectivity index (χ2v) is 7.66. The van der Waals surface area contributed by atoms with Gasteiger partial charge in [-0.3, -0.25) is 29.0 Å². The van der Waals surface area contributed by atoms with Crippen LogP contribution in [-0.4, -0.2) is 93.4 Å². The molecule has 0 heterocycles. The van der Waals surface area contributed by atoms with E-state index in [1.54, 1.807) is 0 Å². The fraction of sp³-hybridized carbons (Fsp3) is 0.611. The first-order valence-electron chi connectivity index (χ1n) is 10.3. The van der Waals surface area contributed by atoms with Crippen LogP contribution in [0.15, 0.2) is 4.99 Å². The summed E-state index contributed by atoms with van der Waals surface area (Å²) in [7, 11) is 0. The van der Waals surface area contributed by atoms with Crippen molar-refractivity contribution < 1.29 is 44.1 Å². The van der Waals surface area contributed by atoms with Crippen LogP contribution in [0, 0.1) is 0 Å². The van der Waals surface area contributed by atoms with Crippen molar-refractivity contribution in [2.24, 2.45) is 22.2 Å². The second-order valence-electron chi connectivity index (χ2n) is 7.29. The van der Waals surface area contributed by atoms with E-state index in [1.807, 2.05) is 0 Å². The van der Waals surface area contributed by atoms with Crippen LogP contribution in [0.1, 0.15) is 32.1 Å². The molecule has 0 rings (SSSR count). The van der Waals surface area contributed by atoms with Crippen molar-refractivity contribution in [3.8, 4) is 0 Å². The van der Waals surface area contributed by atoms with E-state index in [2.05, 4.69) is 33.6 Å². The number of carbonyl (C=O) groups excluding carboxylic acids is 3. The molecule has 4 atom stereocenters. The van der Waals surface area contributed by atoms with Crippen molar-refractivity contribution in [2.45, 2.75) is 56.3 Å². The largest absolute Gasteiger partial charge is 0.481 e. The Morgan fingerprint density at radius 3 is 1.83 bits per heavy atom. The molecular weight excluding hydrogens is 490 g/mol. The summed E-state index contributed by atoms with van der Waals surface area (Å²) in [5, 5.41) is 33.7. The topological polar surface area (TPSA) is 290 Å². The van der Waals surface area contributed by atoms with Crippen molar-refractivity contribution in [3.63, 3.8) is 0 Å². The van der Waals surface area contributed by atoms with Crippen LogP contribution in [0.4, 0.5) is 0 Å². The number of nitrogens with one attached hydrogen (secondary N) is 3. The monoisotopic (exact) mass is 521 g/mol. The Hall–Kier alpha value is -3.60. The first kappa shape index (κ1) is 31.4. The third kappa shape index (κ3) is 13.6. The Morgan fingerprint density at radius 1 is 0.800 bits per heavy atom. The minimum Gasteiger partial charge on any atom is -0.481 e. The number of guanidine groups is 1. The summed E-state index contributed by atoms with van der Waals surface area (Å²) in [4.78, 5) is 74.1. The number of hydrogen-bond acceptors (Lipinski definition) is 9. The summed E-state index contributed by atoms with van der Waals surface area (Å²) >= 11 is 3.94. The van der Waals surface area contributed by atoms with Crippen molar-refractivity contribution in [1.82, 2.24) is 16.0 Å². The SMILES string of the molecule is NC(N)=NCCCC(NC(=O)C(CCC(=O)O)NC(=O)C(CS)NC(=O)C(N)CC(=O)O)C(=O)O. The van der Waals surface area contributed by atoms with Gasteiger partial charge in [-0.2, -0.15) is 12.6 Å². The number of carbonyl (C=O) groups is 6. The molecule has 0 aromatic heterocycles. The highest BCUT2D eigenvalue weighted by molar-refractivity contribution is 7.80. The van der Waals surface area contributed by atoms with Gasteiger partial charge in [0.15, 0.2) is 5.96 Å². The molecule has 0 aliphatic rings. The van der Waals surface area contributed by atoms with E-state index in [4.69, 9.17) is 27.4 Å². The van der Waals surface area contributed by atoms with Gasteiger partial charge in [-0.15, -0.1) is 0 Å². The molecule has 0 fully saturated rings. The molecule has 0 aliphatic heterocycles. The van der Waals surface area contributed by atoms with Gasteiger partial charge in [-0.1, -0.05) is 0 Å². The number of hydrogen-bond donors (Lipinski definition) is 10. The number of nitrogens with two attached hydrogens (primary N) is 3. The van der Waals surface area contributed by atoms with Crippen LogP contribution in [0.3, 0.4) is 0 Å². The molecule has 0 aromatic carbocycles. The lowest BCUT2D eigenvalue weighted by atomic mass is 10.1. The standard InChI is InChI=1S/C18H31N7O9S/c19-8(6-13(28)29)14(30)25-11(7-35)16(32)23-9(3-4-12(26)27)15(31)24-10(17(33)34)2-1-5-22-18(20)21/h8-11,35H,1-7,19H2,(H,23,32)(H,24,31)(H,25,30)(H,26,27)(H,28,29)(H,33,34)(H4,20,21,22). The quantitative estimate of drug-likeness (QED) is 0.0381. The van der Waals surface area contributed by atoms with Crippen molar-refractivity contribution in [2.75, 3.05) is 12.3 Å². The Bertz CT molecular complexity index is 820. The Kier molecular flexibility index (Phi) is 14.4. The van der Waals surface area contributed by atoms with Crippen LogP contribution >= 0.6 is 12.6 Å². The van der Waals surface area contributed by atoms with Crippen molar-refractivity contribution in [3.05, 3.63) is 0 Å².